The van der Waals surface area contributed by atoms with Gasteiger partial charge in [-0.25, -0.2) is 4.68 Å². The normalized spacial score (nSPS) is 19.5. The van der Waals surface area contributed by atoms with Crippen molar-refractivity contribution >= 4 is 17.3 Å². The number of aromatic nitrogens is 4. The lowest BCUT2D eigenvalue weighted by Crippen LogP contribution is -2.23. The molecule has 6 nitrogen and oxygen atoms in total. The first kappa shape index (κ1) is 12.4. The molecule has 19 heavy (non-hydrogen) atoms. The minimum absolute atomic E-state index is 0.149. The number of benzene rings is 1. The zero-order valence-corrected chi connectivity index (χ0v) is 11.0. The molecule has 1 aromatic heterocycles. The van der Waals surface area contributed by atoms with E-state index in [0.29, 0.717) is 23.1 Å². The van der Waals surface area contributed by atoms with Crippen LogP contribution in [0.1, 0.15) is 18.9 Å². The minimum atomic E-state index is 0.149. The minimum Gasteiger partial charge on any atom is -0.398 e. The summed E-state index contributed by atoms with van der Waals surface area (Å²) in [6, 6.07) is 5.61. The van der Waals surface area contributed by atoms with Gasteiger partial charge in [-0.1, -0.05) is 17.7 Å². The van der Waals surface area contributed by atoms with Crippen molar-refractivity contribution in [2.45, 2.75) is 18.9 Å². The number of hydrogen-bond acceptors (Lipinski definition) is 5. The molecule has 0 bridgehead atoms. The Hall–Kier alpha value is -1.66. The van der Waals surface area contributed by atoms with Crippen LogP contribution in [-0.2, 0) is 4.74 Å². The number of nitrogen functional groups attached to an aromatic ring is 1. The van der Waals surface area contributed by atoms with E-state index in [1.165, 1.54) is 0 Å². The van der Waals surface area contributed by atoms with Crippen LogP contribution >= 0.6 is 11.6 Å². The van der Waals surface area contributed by atoms with E-state index in [9.17, 15) is 0 Å². The summed E-state index contributed by atoms with van der Waals surface area (Å²) in [5.41, 5.74) is 7.09. The molecule has 1 aromatic carbocycles. The van der Waals surface area contributed by atoms with E-state index in [2.05, 4.69) is 15.5 Å². The Bertz CT molecular complexity index is 579. The molecule has 2 aromatic rings. The van der Waals surface area contributed by atoms with Crippen molar-refractivity contribution < 1.29 is 4.74 Å². The lowest BCUT2D eigenvalue weighted by molar-refractivity contribution is 0.0548. The van der Waals surface area contributed by atoms with Crippen molar-refractivity contribution in [1.29, 1.82) is 0 Å². The van der Waals surface area contributed by atoms with Crippen molar-refractivity contribution in [2.75, 3.05) is 18.9 Å². The zero-order chi connectivity index (χ0) is 13.2. The van der Waals surface area contributed by atoms with Gasteiger partial charge in [0.1, 0.15) is 0 Å². The smallest absolute Gasteiger partial charge is 0.183 e. The fraction of sp³-hybridized carbons (Fsp3) is 0.417. The lowest BCUT2D eigenvalue weighted by atomic mass is 10.1. The predicted octanol–water partition coefficient (Wildman–Crippen LogP) is 1.93. The largest absolute Gasteiger partial charge is 0.398 e. The molecule has 1 atom stereocenters. The standard InChI is InChI=1S/C12H14ClN5O/c13-11-9(4-1-5-10(11)14)12-15-16-17-18(12)8-3-2-6-19-7-8/h1,4-5,8H,2-3,6-7,14H2. The maximum Gasteiger partial charge on any atom is 0.183 e. The monoisotopic (exact) mass is 279 g/mol. The van der Waals surface area contributed by atoms with Gasteiger partial charge in [0.2, 0.25) is 0 Å². The van der Waals surface area contributed by atoms with Crippen molar-refractivity contribution in [3.05, 3.63) is 23.2 Å². The summed E-state index contributed by atoms with van der Waals surface area (Å²) in [7, 11) is 0. The number of nitrogens with two attached hydrogens (primary N) is 1. The Morgan fingerprint density at radius 1 is 1.42 bits per heavy atom. The molecule has 2 heterocycles. The summed E-state index contributed by atoms with van der Waals surface area (Å²) in [4.78, 5) is 0. The number of tetrazole rings is 1. The number of hydrogen-bond donors (Lipinski definition) is 1. The van der Waals surface area contributed by atoms with Crippen LogP contribution in [-0.4, -0.2) is 33.4 Å². The third kappa shape index (κ3) is 2.29. The molecule has 1 fully saturated rings. The van der Waals surface area contributed by atoms with E-state index < -0.39 is 0 Å². The number of nitrogens with zero attached hydrogens (tertiary/aromatic N) is 4. The first-order valence-electron chi connectivity index (χ1n) is 6.17. The summed E-state index contributed by atoms with van der Waals surface area (Å²) in [5, 5.41) is 12.4. The molecule has 3 rings (SSSR count). The first-order valence-corrected chi connectivity index (χ1v) is 6.55. The summed E-state index contributed by atoms with van der Waals surface area (Å²) in [6.45, 7) is 1.42. The van der Waals surface area contributed by atoms with Gasteiger partial charge in [0.25, 0.3) is 0 Å². The van der Waals surface area contributed by atoms with Crippen molar-refractivity contribution in [2.24, 2.45) is 0 Å². The van der Waals surface area contributed by atoms with Crippen LogP contribution < -0.4 is 5.73 Å². The number of rotatable bonds is 2. The van der Waals surface area contributed by atoms with E-state index >= 15 is 0 Å². The van der Waals surface area contributed by atoms with Gasteiger partial charge in [0.15, 0.2) is 5.82 Å². The topological polar surface area (TPSA) is 78.9 Å². The third-order valence-electron chi connectivity index (χ3n) is 3.24. The quantitative estimate of drug-likeness (QED) is 0.850. The van der Waals surface area contributed by atoms with E-state index in [0.717, 1.165) is 25.0 Å². The van der Waals surface area contributed by atoms with E-state index in [4.69, 9.17) is 22.1 Å². The molecule has 1 aliphatic heterocycles. The molecule has 0 amide bonds. The molecule has 0 saturated carbocycles. The summed E-state index contributed by atoms with van der Waals surface area (Å²) >= 11 is 6.23. The molecule has 7 heteroatoms. The molecule has 100 valence electrons. The highest BCUT2D eigenvalue weighted by molar-refractivity contribution is 6.35. The second-order valence-electron chi connectivity index (χ2n) is 4.53. The molecule has 1 unspecified atom stereocenters. The number of halogens is 1. The van der Waals surface area contributed by atoms with Gasteiger partial charge in [-0.3, -0.25) is 0 Å². The highest BCUT2D eigenvalue weighted by Gasteiger charge is 2.22. The molecule has 0 aliphatic carbocycles. The molecular weight excluding hydrogens is 266 g/mol. The van der Waals surface area contributed by atoms with Crippen LogP contribution in [0.2, 0.25) is 5.02 Å². The molecule has 2 N–H and O–H groups in total. The SMILES string of the molecule is Nc1cccc(-c2nnnn2C2CCCOC2)c1Cl. The summed E-state index contributed by atoms with van der Waals surface area (Å²) in [6.07, 6.45) is 2.01. The second kappa shape index (κ2) is 5.14. The highest BCUT2D eigenvalue weighted by atomic mass is 35.5. The predicted molar refractivity (Wildman–Crippen MR) is 71.8 cm³/mol. The average molecular weight is 280 g/mol. The van der Waals surface area contributed by atoms with Gasteiger partial charge in [0.05, 0.1) is 23.4 Å². The van der Waals surface area contributed by atoms with Gasteiger partial charge in [-0.05, 0) is 35.4 Å². The molecule has 1 aliphatic rings. The van der Waals surface area contributed by atoms with Crippen LogP contribution in [0.25, 0.3) is 11.4 Å². The second-order valence-corrected chi connectivity index (χ2v) is 4.90. The first-order chi connectivity index (χ1) is 9.27. The van der Waals surface area contributed by atoms with Crippen LogP contribution in [0.5, 0.6) is 0 Å². The average Bonchev–Trinajstić information content (AvgIpc) is 2.92. The van der Waals surface area contributed by atoms with E-state index in [1.807, 2.05) is 12.1 Å². The van der Waals surface area contributed by atoms with Gasteiger partial charge in [-0.15, -0.1) is 5.10 Å². The van der Waals surface area contributed by atoms with Gasteiger partial charge >= 0.3 is 0 Å². The van der Waals surface area contributed by atoms with Crippen molar-refractivity contribution in [3.63, 3.8) is 0 Å². The zero-order valence-electron chi connectivity index (χ0n) is 10.3. The van der Waals surface area contributed by atoms with Gasteiger partial charge < -0.3 is 10.5 Å². The van der Waals surface area contributed by atoms with Gasteiger partial charge in [-0.2, -0.15) is 0 Å². The Morgan fingerprint density at radius 3 is 3.11 bits per heavy atom. The highest BCUT2D eigenvalue weighted by Crippen LogP contribution is 2.32. The van der Waals surface area contributed by atoms with Crippen LogP contribution in [0.4, 0.5) is 5.69 Å². The molecular formula is C12H14ClN5O. The number of anilines is 1. The Labute approximate surface area is 115 Å². The Balaban J connectivity index is 2.01. The van der Waals surface area contributed by atoms with Crippen molar-refractivity contribution in [3.8, 4) is 11.4 Å². The maximum absolute atomic E-state index is 6.23. The molecule has 0 spiro atoms. The summed E-state index contributed by atoms with van der Waals surface area (Å²) in [5.74, 6) is 0.632. The summed E-state index contributed by atoms with van der Waals surface area (Å²) < 4.78 is 7.25. The Kier molecular flexibility index (Phi) is 3.35. The molecule has 0 radical (unpaired) electrons. The number of ether oxygens (including phenoxy) is 1. The Morgan fingerprint density at radius 2 is 2.32 bits per heavy atom. The maximum atomic E-state index is 6.23. The van der Waals surface area contributed by atoms with Crippen LogP contribution in [0, 0.1) is 0 Å². The van der Waals surface area contributed by atoms with Crippen LogP contribution in [0.15, 0.2) is 18.2 Å². The fourth-order valence-electron chi connectivity index (χ4n) is 2.26. The van der Waals surface area contributed by atoms with Gasteiger partial charge in [0, 0.05) is 12.2 Å². The van der Waals surface area contributed by atoms with E-state index in [-0.39, 0.29) is 6.04 Å². The van der Waals surface area contributed by atoms with Crippen molar-refractivity contribution in [1.82, 2.24) is 20.2 Å². The van der Waals surface area contributed by atoms with Crippen LogP contribution in [0.3, 0.4) is 0 Å². The lowest BCUT2D eigenvalue weighted by Gasteiger charge is -2.22. The van der Waals surface area contributed by atoms with E-state index in [1.54, 1.807) is 10.7 Å². The third-order valence-corrected chi connectivity index (χ3v) is 3.67. The molecule has 1 saturated heterocycles. The fourth-order valence-corrected chi connectivity index (χ4v) is 2.47.